The first-order chi connectivity index (χ1) is 9.06. The van der Waals surface area contributed by atoms with Gasteiger partial charge in [0.15, 0.2) is 11.5 Å². The summed E-state index contributed by atoms with van der Waals surface area (Å²) >= 11 is 0. The maximum Gasteiger partial charge on any atom is 0.305 e. The molecular weight excluding hydrogens is 246 g/mol. The molecule has 1 aromatic carbocycles. The molecule has 0 fully saturated rings. The molecule has 1 N–H and O–H groups in total. The number of carboxylic acid groups (broad SMARTS) is 1. The maximum atomic E-state index is 10.7. The summed E-state index contributed by atoms with van der Waals surface area (Å²) in [4.78, 5) is 10.7. The van der Waals surface area contributed by atoms with E-state index in [1.54, 1.807) is 14.2 Å². The number of methoxy groups -OCH3 is 2. The third-order valence-corrected chi connectivity index (χ3v) is 3.15. The second-order valence-electron chi connectivity index (χ2n) is 4.37. The van der Waals surface area contributed by atoms with E-state index < -0.39 is 5.97 Å². The van der Waals surface area contributed by atoms with Crippen molar-refractivity contribution in [2.24, 2.45) is 0 Å². The Hall–Kier alpha value is -2.17. The molecule has 0 unspecified atom stereocenters. The Morgan fingerprint density at radius 3 is 2.47 bits per heavy atom. The molecular formula is C14H17NO4. The van der Waals surface area contributed by atoms with Crippen molar-refractivity contribution in [1.29, 1.82) is 0 Å². The molecule has 102 valence electrons. The van der Waals surface area contributed by atoms with E-state index in [9.17, 15) is 4.79 Å². The largest absolute Gasteiger partial charge is 0.493 e. The van der Waals surface area contributed by atoms with Gasteiger partial charge in [0.25, 0.3) is 0 Å². The van der Waals surface area contributed by atoms with Crippen molar-refractivity contribution in [2.75, 3.05) is 14.2 Å². The molecule has 1 heterocycles. The molecule has 0 radical (unpaired) electrons. The topological polar surface area (TPSA) is 60.7 Å². The second-order valence-corrected chi connectivity index (χ2v) is 4.37. The van der Waals surface area contributed by atoms with Gasteiger partial charge in [-0.1, -0.05) is 0 Å². The molecule has 0 bridgehead atoms. The van der Waals surface area contributed by atoms with Gasteiger partial charge < -0.3 is 19.1 Å². The number of carbonyl (C=O) groups is 1. The molecule has 5 heteroatoms. The number of carboxylic acids is 1. The lowest BCUT2D eigenvalue weighted by Gasteiger charge is -2.09. The van der Waals surface area contributed by atoms with Crippen molar-refractivity contribution in [1.82, 2.24) is 4.57 Å². The Kier molecular flexibility index (Phi) is 3.64. The van der Waals surface area contributed by atoms with Crippen LogP contribution < -0.4 is 9.47 Å². The van der Waals surface area contributed by atoms with Crippen LogP contribution in [-0.2, 0) is 11.3 Å². The molecule has 5 nitrogen and oxygen atoms in total. The summed E-state index contributed by atoms with van der Waals surface area (Å²) in [6.07, 6.45) is 2.05. The standard InChI is InChI=1S/C14H17NO4/c1-9-8-15(5-4-14(16)17)11-7-13(19-3)12(18-2)6-10(9)11/h6-8H,4-5H2,1-3H3,(H,16,17). The summed E-state index contributed by atoms with van der Waals surface area (Å²) in [5.74, 6) is 0.513. The fourth-order valence-electron chi connectivity index (χ4n) is 2.20. The molecule has 0 saturated carbocycles. The monoisotopic (exact) mass is 263 g/mol. The lowest BCUT2D eigenvalue weighted by atomic mass is 10.2. The molecule has 19 heavy (non-hydrogen) atoms. The minimum atomic E-state index is -0.806. The van der Waals surface area contributed by atoms with Gasteiger partial charge in [0, 0.05) is 24.2 Å². The van der Waals surface area contributed by atoms with E-state index in [0.717, 1.165) is 16.5 Å². The van der Waals surface area contributed by atoms with Gasteiger partial charge in [0.2, 0.25) is 0 Å². The maximum absolute atomic E-state index is 10.7. The fourth-order valence-corrected chi connectivity index (χ4v) is 2.20. The van der Waals surface area contributed by atoms with Crippen LogP contribution in [-0.4, -0.2) is 29.9 Å². The molecule has 0 atom stereocenters. The molecule has 0 aliphatic carbocycles. The predicted octanol–water partition coefficient (Wildman–Crippen LogP) is 2.44. The normalized spacial score (nSPS) is 10.7. The summed E-state index contributed by atoms with van der Waals surface area (Å²) in [7, 11) is 3.18. The van der Waals surface area contributed by atoms with Gasteiger partial charge in [0.05, 0.1) is 26.2 Å². The molecule has 0 saturated heterocycles. The zero-order valence-corrected chi connectivity index (χ0v) is 11.3. The van der Waals surface area contributed by atoms with Gasteiger partial charge in [-0.05, 0) is 18.6 Å². The number of hydrogen-bond donors (Lipinski definition) is 1. The zero-order chi connectivity index (χ0) is 14.0. The van der Waals surface area contributed by atoms with E-state index in [0.29, 0.717) is 18.0 Å². The molecule has 2 aromatic rings. The van der Waals surface area contributed by atoms with Crippen LogP contribution >= 0.6 is 0 Å². The van der Waals surface area contributed by atoms with Crippen LogP contribution in [0.15, 0.2) is 18.3 Å². The van der Waals surface area contributed by atoms with Crippen molar-refractivity contribution in [3.05, 3.63) is 23.9 Å². The molecule has 0 aliphatic rings. The van der Waals surface area contributed by atoms with Crippen molar-refractivity contribution >= 4 is 16.9 Å². The summed E-state index contributed by atoms with van der Waals surface area (Å²) < 4.78 is 12.5. The first-order valence-corrected chi connectivity index (χ1v) is 6.00. The van der Waals surface area contributed by atoms with E-state index in [1.165, 1.54) is 0 Å². The predicted molar refractivity (Wildman–Crippen MR) is 72.0 cm³/mol. The minimum Gasteiger partial charge on any atom is -0.493 e. The van der Waals surface area contributed by atoms with Crippen molar-refractivity contribution in [2.45, 2.75) is 19.9 Å². The number of nitrogens with zero attached hydrogens (tertiary/aromatic N) is 1. The first-order valence-electron chi connectivity index (χ1n) is 6.00. The average molecular weight is 263 g/mol. The Balaban J connectivity index is 2.52. The zero-order valence-electron chi connectivity index (χ0n) is 11.3. The van der Waals surface area contributed by atoms with Crippen LogP contribution in [0, 0.1) is 6.92 Å². The number of ether oxygens (including phenoxy) is 2. The Morgan fingerprint density at radius 1 is 1.26 bits per heavy atom. The lowest BCUT2D eigenvalue weighted by Crippen LogP contribution is -2.03. The van der Waals surface area contributed by atoms with Crippen LogP contribution in [0.4, 0.5) is 0 Å². The SMILES string of the molecule is COc1cc2c(C)cn(CCC(=O)O)c2cc1OC. The van der Waals surface area contributed by atoms with Crippen LogP contribution in [0.1, 0.15) is 12.0 Å². The van der Waals surface area contributed by atoms with E-state index in [1.807, 2.05) is 29.8 Å². The average Bonchev–Trinajstić information content (AvgIpc) is 2.71. The third kappa shape index (κ3) is 2.50. The number of hydrogen-bond acceptors (Lipinski definition) is 3. The quantitative estimate of drug-likeness (QED) is 0.900. The molecule has 0 aliphatic heterocycles. The third-order valence-electron chi connectivity index (χ3n) is 3.15. The van der Waals surface area contributed by atoms with E-state index >= 15 is 0 Å². The van der Waals surface area contributed by atoms with E-state index in [2.05, 4.69) is 0 Å². The number of aryl methyl sites for hydroxylation is 2. The highest BCUT2D eigenvalue weighted by Gasteiger charge is 2.12. The van der Waals surface area contributed by atoms with Crippen LogP contribution in [0.3, 0.4) is 0 Å². The number of fused-ring (bicyclic) bond motifs is 1. The molecule has 0 spiro atoms. The summed E-state index contributed by atoms with van der Waals surface area (Å²) in [6.45, 7) is 2.43. The number of aliphatic carboxylic acids is 1. The van der Waals surface area contributed by atoms with Gasteiger partial charge in [-0.15, -0.1) is 0 Å². The Labute approximate surface area is 111 Å². The highest BCUT2D eigenvalue weighted by molar-refractivity contribution is 5.87. The van der Waals surface area contributed by atoms with Gasteiger partial charge >= 0.3 is 5.97 Å². The van der Waals surface area contributed by atoms with E-state index in [4.69, 9.17) is 14.6 Å². The van der Waals surface area contributed by atoms with Gasteiger partial charge in [-0.25, -0.2) is 0 Å². The number of rotatable bonds is 5. The number of aromatic nitrogens is 1. The minimum absolute atomic E-state index is 0.0948. The second kappa shape index (κ2) is 5.22. The van der Waals surface area contributed by atoms with E-state index in [-0.39, 0.29) is 6.42 Å². The van der Waals surface area contributed by atoms with Crippen molar-refractivity contribution in [3.8, 4) is 11.5 Å². The molecule has 1 aromatic heterocycles. The van der Waals surface area contributed by atoms with Gasteiger partial charge in [0.1, 0.15) is 0 Å². The smallest absolute Gasteiger partial charge is 0.305 e. The lowest BCUT2D eigenvalue weighted by molar-refractivity contribution is -0.137. The number of benzene rings is 1. The Morgan fingerprint density at radius 2 is 1.89 bits per heavy atom. The summed E-state index contributed by atoms with van der Waals surface area (Å²) in [5.41, 5.74) is 2.04. The fraction of sp³-hybridized carbons (Fsp3) is 0.357. The van der Waals surface area contributed by atoms with Crippen molar-refractivity contribution < 1.29 is 19.4 Å². The highest BCUT2D eigenvalue weighted by Crippen LogP contribution is 2.34. The highest BCUT2D eigenvalue weighted by atomic mass is 16.5. The van der Waals surface area contributed by atoms with Crippen molar-refractivity contribution in [3.63, 3.8) is 0 Å². The Bertz CT molecular complexity index is 615. The van der Waals surface area contributed by atoms with Gasteiger partial charge in [-0.2, -0.15) is 0 Å². The van der Waals surface area contributed by atoms with Gasteiger partial charge in [-0.3, -0.25) is 4.79 Å². The first kappa shape index (κ1) is 13.3. The molecule has 0 amide bonds. The van der Waals surface area contributed by atoms with Crippen LogP contribution in [0.25, 0.3) is 10.9 Å². The summed E-state index contributed by atoms with van der Waals surface area (Å²) in [5, 5.41) is 9.82. The van der Waals surface area contributed by atoms with Crippen LogP contribution in [0.2, 0.25) is 0 Å². The van der Waals surface area contributed by atoms with Crippen LogP contribution in [0.5, 0.6) is 11.5 Å². The summed E-state index contributed by atoms with van der Waals surface area (Å²) in [6, 6.07) is 3.80. The molecule has 2 rings (SSSR count).